The summed E-state index contributed by atoms with van der Waals surface area (Å²) in [5.74, 6) is 1.24. The molecule has 0 atom stereocenters. The molecule has 0 spiro atoms. The van der Waals surface area contributed by atoms with E-state index in [1.54, 1.807) is 0 Å². The van der Waals surface area contributed by atoms with E-state index in [1.165, 1.54) is 17.1 Å². The molecule has 0 unspecified atom stereocenters. The van der Waals surface area contributed by atoms with Crippen molar-refractivity contribution < 1.29 is 0 Å². The molecule has 0 amide bonds. The van der Waals surface area contributed by atoms with Crippen LogP contribution in [-0.2, 0) is 0 Å². The van der Waals surface area contributed by atoms with Gasteiger partial charge in [0.05, 0.1) is 0 Å². The van der Waals surface area contributed by atoms with Crippen molar-refractivity contribution in [2.45, 2.75) is 13.3 Å². The Bertz CT molecular complexity index is 98.7. The van der Waals surface area contributed by atoms with Gasteiger partial charge >= 0.3 is 0 Å². The highest BCUT2D eigenvalue weighted by Crippen LogP contribution is 2.19. The molecule has 1 aliphatic rings. The maximum absolute atomic E-state index is 3.20. The summed E-state index contributed by atoms with van der Waals surface area (Å²) in [6, 6.07) is 0. The zero-order chi connectivity index (χ0) is 5.82. The van der Waals surface area contributed by atoms with E-state index in [-0.39, 0.29) is 0 Å². The molecule has 1 heterocycles. The van der Waals surface area contributed by atoms with Crippen LogP contribution in [0.1, 0.15) is 13.3 Å². The van der Waals surface area contributed by atoms with Crippen LogP contribution in [0.2, 0.25) is 0 Å². The van der Waals surface area contributed by atoms with Crippen molar-refractivity contribution in [2.75, 3.05) is 12.3 Å². The van der Waals surface area contributed by atoms with Crippen LogP contribution in [0.25, 0.3) is 0 Å². The summed E-state index contributed by atoms with van der Waals surface area (Å²) in [5, 5.41) is 3.20. The van der Waals surface area contributed by atoms with Crippen LogP contribution in [0.5, 0.6) is 0 Å². The first kappa shape index (κ1) is 6.02. The SMILES string of the molecule is CCC1=CNCCS1. The largest absolute Gasteiger partial charge is 0.389 e. The van der Waals surface area contributed by atoms with Gasteiger partial charge in [0.25, 0.3) is 0 Å². The summed E-state index contributed by atoms with van der Waals surface area (Å²) >= 11 is 1.96. The summed E-state index contributed by atoms with van der Waals surface area (Å²) in [7, 11) is 0. The Balaban J connectivity index is 2.37. The highest BCUT2D eigenvalue weighted by Gasteiger charge is 1.98. The molecule has 0 bridgehead atoms. The van der Waals surface area contributed by atoms with E-state index in [9.17, 15) is 0 Å². The molecule has 0 aromatic heterocycles. The standard InChI is InChI=1S/C6H11NS/c1-2-6-5-7-3-4-8-6/h5,7H,2-4H2,1H3. The first-order chi connectivity index (χ1) is 3.93. The second kappa shape index (κ2) is 3.02. The van der Waals surface area contributed by atoms with Crippen molar-refractivity contribution in [3.05, 3.63) is 11.1 Å². The van der Waals surface area contributed by atoms with Gasteiger partial charge in [0.15, 0.2) is 0 Å². The molecule has 1 aliphatic heterocycles. The highest BCUT2D eigenvalue weighted by molar-refractivity contribution is 8.03. The summed E-state index contributed by atoms with van der Waals surface area (Å²) in [6.45, 7) is 3.32. The number of hydrogen-bond donors (Lipinski definition) is 1. The van der Waals surface area contributed by atoms with E-state index in [0.29, 0.717) is 0 Å². The Morgan fingerprint density at radius 1 is 1.88 bits per heavy atom. The Labute approximate surface area is 54.5 Å². The lowest BCUT2D eigenvalue weighted by molar-refractivity contribution is 0.904. The highest BCUT2D eigenvalue weighted by atomic mass is 32.2. The second-order valence-corrected chi connectivity index (χ2v) is 2.99. The minimum Gasteiger partial charge on any atom is -0.389 e. The number of rotatable bonds is 1. The minimum absolute atomic E-state index is 1.13. The molecule has 8 heavy (non-hydrogen) atoms. The second-order valence-electron chi connectivity index (χ2n) is 1.77. The maximum atomic E-state index is 3.20. The van der Waals surface area contributed by atoms with Crippen molar-refractivity contribution in [2.24, 2.45) is 0 Å². The summed E-state index contributed by atoms with van der Waals surface area (Å²) < 4.78 is 0. The van der Waals surface area contributed by atoms with Gasteiger partial charge in [0, 0.05) is 23.4 Å². The maximum Gasteiger partial charge on any atom is 0.0236 e. The summed E-state index contributed by atoms with van der Waals surface area (Å²) in [5.41, 5.74) is 0. The van der Waals surface area contributed by atoms with Crippen LogP contribution >= 0.6 is 11.8 Å². The van der Waals surface area contributed by atoms with Crippen LogP contribution in [0, 0.1) is 0 Å². The third-order valence-electron chi connectivity index (χ3n) is 1.15. The Kier molecular flexibility index (Phi) is 2.27. The third kappa shape index (κ3) is 1.44. The predicted molar refractivity (Wildman–Crippen MR) is 38.8 cm³/mol. The average molecular weight is 129 g/mol. The molecule has 1 N–H and O–H groups in total. The topological polar surface area (TPSA) is 12.0 Å². The number of nitrogens with one attached hydrogen (secondary N) is 1. The molecule has 2 heteroatoms. The van der Waals surface area contributed by atoms with E-state index >= 15 is 0 Å². The Morgan fingerprint density at radius 3 is 3.12 bits per heavy atom. The van der Waals surface area contributed by atoms with Crippen LogP contribution in [-0.4, -0.2) is 12.3 Å². The van der Waals surface area contributed by atoms with Gasteiger partial charge in [-0.2, -0.15) is 0 Å². The van der Waals surface area contributed by atoms with Crippen LogP contribution in [0.3, 0.4) is 0 Å². The predicted octanol–water partition coefficient (Wildman–Crippen LogP) is 1.57. The van der Waals surface area contributed by atoms with Crippen molar-refractivity contribution in [1.82, 2.24) is 5.32 Å². The normalized spacial score (nSPS) is 19.4. The van der Waals surface area contributed by atoms with Crippen molar-refractivity contribution in [1.29, 1.82) is 0 Å². The molecule has 1 nitrogen and oxygen atoms in total. The van der Waals surface area contributed by atoms with Crippen molar-refractivity contribution >= 4 is 11.8 Å². The molecule has 0 radical (unpaired) electrons. The van der Waals surface area contributed by atoms with Gasteiger partial charge < -0.3 is 5.32 Å². The first-order valence-corrected chi connectivity index (χ1v) is 3.97. The van der Waals surface area contributed by atoms with E-state index in [2.05, 4.69) is 18.4 Å². The van der Waals surface area contributed by atoms with Gasteiger partial charge in [0.1, 0.15) is 0 Å². The first-order valence-electron chi connectivity index (χ1n) is 2.98. The molecule has 1 rings (SSSR count). The third-order valence-corrected chi connectivity index (χ3v) is 2.33. The lowest BCUT2D eigenvalue weighted by Gasteiger charge is -2.10. The molecular weight excluding hydrogens is 118 g/mol. The van der Waals surface area contributed by atoms with E-state index < -0.39 is 0 Å². The molecule has 0 saturated heterocycles. The quantitative estimate of drug-likeness (QED) is 0.577. The fraction of sp³-hybridized carbons (Fsp3) is 0.667. The van der Waals surface area contributed by atoms with E-state index in [1.807, 2.05) is 11.8 Å². The van der Waals surface area contributed by atoms with Crippen LogP contribution in [0.4, 0.5) is 0 Å². The van der Waals surface area contributed by atoms with Crippen molar-refractivity contribution in [3.8, 4) is 0 Å². The molecule has 0 aromatic rings. The minimum atomic E-state index is 1.13. The lowest BCUT2D eigenvalue weighted by Crippen LogP contribution is -2.14. The smallest absolute Gasteiger partial charge is 0.0236 e. The van der Waals surface area contributed by atoms with Crippen LogP contribution < -0.4 is 5.32 Å². The Morgan fingerprint density at radius 2 is 2.75 bits per heavy atom. The summed E-state index contributed by atoms with van der Waals surface area (Å²) in [6.07, 6.45) is 3.30. The van der Waals surface area contributed by atoms with E-state index in [4.69, 9.17) is 0 Å². The van der Waals surface area contributed by atoms with Gasteiger partial charge in [-0.3, -0.25) is 0 Å². The van der Waals surface area contributed by atoms with Gasteiger partial charge in [-0.15, -0.1) is 11.8 Å². The number of thioether (sulfide) groups is 1. The molecule has 0 fully saturated rings. The average Bonchev–Trinajstić information content (AvgIpc) is 1.90. The molecule has 0 aliphatic carbocycles. The van der Waals surface area contributed by atoms with Gasteiger partial charge in [-0.1, -0.05) is 6.92 Å². The Hall–Kier alpha value is -0.110. The molecule has 0 aromatic carbocycles. The zero-order valence-corrected chi connectivity index (χ0v) is 5.92. The fourth-order valence-corrected chi connectivity index (χ4v) is 1.53. The molecule has 0 saturated carbocycles. The van der Waals surface area contributed by atoms with E-state index in [0.717, 1.165) is 6.54 Å². The number of allylic oxidation sites excluding steroid dienone is 1. The van der Waals surface area contributed by atoms with Crippen LogP contribution in [0.15, 0.2) is 11.1 Å². The lowest BCUT2D eigenvalue weighted by atomic mass is 10.4. The molecular formula is C6H11NS. The number of hydrogen-bond acceptors (Lipinski definition) is 2. The zero-order valence-electron chi connectivity index (χ0n) is 5.11. The monoisotopic (exact) mass is 129 g/mol. The van der Waals surface area contributed by atoms with Gasteiger partial charge in [0.2, 0.25) is 0 Å². The fourth-order valence-electron chi connectivity index (χ4n) is 0.673. The van der Waals surface area contributed by atoms with Gasteiger partial charge in [-0.05, 0) is 6.42 Å². The molecule has 46 valence electrons. The van der Waals surface area contributed by atoms with Crippen molar-refractivity contribution in [3.63, 3.8) is 0 Å². The summed E-state index contributed by atoms with van der Waals surface area (Å²) in [4.78, 5) is 1.48. The van der Waals surface area contributed by atoms with Gasteiger partial charge in [-0.25, -0.2) is 0 Å².